The summed E-state index contributed by atoms with van der Waals surface area (Å²) in [6.45, 7) is 0.631. The average Bonchev–Trinajstić information content (AvgIpc) is 2.42. The van der Waals surface area contributed by atoms with Crippen LogP contribution in [-0.2, 0) is 17.4 Å². The van der Waals surface area contributed by atoms with Crippen molar-refractivity contribution in [2.45, 2.75) is 25.4 Å². The molecule has 0 unspecified atom stereocenters. The summed E-state index contributed by atoms with van der Waals surface area (Å²) in [4.78, 5) is 11.7. The highest BCUT2D eigenvalue weighted by molar-refractivity contribution is 8.76. The lowest BCUT2D eigenvalue weighted by molar-refractivity contribution is -0.137. The molecule has 0 bridgehead atoms. The van der Waals surface area contributed by atoms with Crippen LogP contribution in [0.4, 0.5) is 13.2 Å². The molecule has 1 rings (SSSR count). The van der Waals surface area contributed by atoms with Crippen molar-refractivity contribution in [1.82, 2.24) is 0 Å². The molecule has 7 heteroatoms. The van der Waals surface area contributed by atoms with Crippen LogP contribution in [0, 0.1) is 0 Å². The largest absolute Gasteiger partial charge is 0.416 e. The molecule has 0 amide bonds. The van der Waals surface area contributed by atoms with E-state index in [4.69, 9.17) is 5.73 Å². The number of carbonyl (C=O) groups is 1. The molecule has 0 fully saturated rings. The van der Waals surface area contributed by atoms with E-state index >= 15 is 0 Å². The zero-order valence-corrected chi connectivity index (χ0v) is 13.1. The molecule has 1 aromatic carbocycles. The number of halogens is 3. The van der Waals surface area contributed by atoms with Crippen LogP contribution in [0.5, 0.6) is 0 Å². The summed E-state index contributed by atoms with van der Waals surface area (Å²) in [5.41, 5.74) is 5.06. The zero-order chi connectivity index (χ0) is 15.7. The van der Waals surface area contributed by atoms with Crippen molar-refractivity contribution in [3.05, 3.63) is 35.4 Å². The number of hydrogen-bond acceptors (Lipinski definition) is 4. The van der Waals surface area contributed by atoms with E-state index in [0.717, 1.165) is 30.1 Å². The fourth-order valence-electron chi connectivity index (χ4n) is 1.67. The van der Waals surface area contributed by atoms with Gasteiger partial charge in [0.25, 0.3) is 0 Å². The van der Waals surface area contributed by atoms with Crippen molar-refractivity contribution in [1.29, 1.82) is 0 Å². The summed E-state index contributed by atoms with van der Waals surface area (Å²) in [6, 6.07) is 4.95. The van der Waals surface area contributed by atoms with Crippen molar-refractivity contribution in [3.8, 4) is 0 Å². The van der Waals surface area contributed by atoms with E-state index in [0.29, 0.717) is 18.5 Å². The van der Waals surface area contributed by atoms with Gasteiger partial charge >= 0.3 is 6.18 Å². The Morgan fingerprint density at radius 1 is 1.19 bits per heavy atom. The maximum absolute atomic E-state index is 12.6. The van der Waals surface area contributed by atoms with Crippen LogP contribution in [-0.4, -0.2) is 23.8 Å². The number of alkyl halides is 3. The van der Waals surface area contributed by atoms with E-state index in [1.807, 2.05) is 0 Å². The van der Waals surface area contributed by atoms with Crippen LogP contribution in [0.25, 0.3) is 0 Å². The maximum atomic E-state index is 12.6. The van der Waals surface area contributed by atoms with Crippen molar-refractivity contribution in [2.24, 2.45) is 5.73 Å². The third-order valence-electron chi connectivity index (χ3n) is 2.62. The molecule has 0 heterocycles. The van der Waals surface area contributed by atoms with E-state index in [1.54, 1.807) is 27.7 Å². The van der Waals surface area contributed by atoms with Gasteiger partial charge in [0.15, 0.2) is 0 Å². The molecule has 2 N–H and O–H groups in total. The fraction of sp³-hybridized carbons (Fsp3) is 0.500. The predicted octanol–water partition coefficient (Wildman–Crippen LogP) is 3.94. The van der Waals surface area contributed by atoms with Crippen molar-refractivity contribution >= 4 is 27.4 Å². The minimum atomic E-state index is -4.37. The van der Waals surface area contributed by atoms with Gasteiger partial charge in [0.1, 0.15) is 5.78 Å². The first-order valence-electron chi connectivity index (χ1n) is 6.56. The van der Waals surface area contributed by atoms with Gasteiger partial charge in [-0.15, -0.1) is 0 Å². The molecule has 1 aromatic rings. The fourth-order valence-corrected chi connectivity index (χ4v) is 3.61. The van der Waals surface area contributed by atoms with E-state index in [1.165, 1.54) is 6.07 Å². The minimum Gasteiger partial charge on any atom is -0.330 e. The molecule has 0 aliphatic carbocycles. The summed E-state index contributed by atoms with van der Waals surface area (Å²) < 4.78 is 37.7. The summed E-state index contributed by atoms with van der Waals surface area (Å²) in [5.74, 6) is 1.70. The molecular weight excluding hydrogens is 319 g/mol. The van der Waals surface area contributed by atoms with Gasteiger partial charge in [-0.1, -0.05) is 39.8 Å². The Morgan fingerprint density at radius 3 is 2.57 bits per heavy atom. The first-order valence-corrected chi connectivity index (χ1v) is 9.04. The summed E-state index contributed by atoms with van der Waals surface area (Å²) in [5, 5.41) is 0. The first-order chi connectivity index (χ1) is 9.93. The van der Waals surface area contributed by atoms with Gasteiger partial charge in [0.2, 0.25) is 0 Å². The molecule has 118 valence electrons. The second-order valence-corrected chi connectivity index (χ2v) is 7.15. The second kappa shape index (κ2) is 9.38. The molecule has 0 atom stereocenters. The highest BCUT2D eigenvalue weighted by atomic mass is 33.1. The van der Waals surface area contributed by atoms with E-state index < -0.39 is 11.7 Å². The normalized spacial score (nSPS) is 11.6. The number of benzene rings is 1. The Labute approximate surface area is 130 Å². The molecule has 0 saturated heterocycles. The number of carbonyl (C=O) groups excluding carboxylic acids is 1. The van der Waals surface area contributed by atoms with Crippen molar-refractivity contribution in [3.63, 3.8) is 0 Å². The number of nitrogens with two attached hydrogens (primary N) is 1. The predicted molar refractivity (Wildman–Crippen MR) is 83.4 cm³/mol. The molecular formula is C14H18F3NOS2. The third-order valence-corrected chi connectivity index (χ3v) is 5.15. The molecule has 2 nitrogen and oxygen atoms in total. The van der Waals surface area contributed by atoms with Crippen molar-refractivity contribution < 1.29 is 18.0 Å². The smallest absolute Gasteiger partial charge is 0.330 e. The van der Waals surface area contributed by atoms with Gasteiger partial charge in [-0.2, -0.15) is 13.2 Å². The monoisotopic (exact) mass is 337 g/mol. The standard InChI is InChI=1S/C14H18F3NOS2/c15-14(16,17)12-4-1-3-11(9-12)10-13(19)5-2-7-20-21-8-6-18/h1,3-4,9H,2,5-8,10,18H2. The topological polar surface area (TPSA) is 43.1 Å². The van der Waals surface area contributed by atoms with Crippen LogP contribution in [0.3, 0.4) is 0 Å². The van der Waals surface area contributed by atoms with Gasteiger partial charge in [-0.05, 0) is 18.1 Å². The molecule has 0 aromatic heterocycles. The Balaban J connectivity index is 2.35. The molecule has 0 aliphatic rings. The number of rotatable bonds is 9. The van der Waals surface area contributed by atoms with Gasteiger partial charge in [0.05, 0.1) is 5.56 Å². The quantitative estimate of drug-likeness (QED) is 0.547. The molecule has 0 spiro atoms. The Bertz CT molecular complexity index is 452. The van der Waals surface area contributed by atoms with E-state index in [2.05, 4.69) is 0 Å². The van der Waals surface area contributed by atoms with E-state index in [-0.39, 0.29) is 12.2 Å². The van der Waals surface area contributed by atoms with Crippen LogP contribution >= 0.6 is 21.6 Å². The van der Waals surface area contributed by atoms with Crippen LogP contribution in [0.1, 0.15) is 24.0 Å². The van der Waals surface area contributed by atoms with Gasteiger partial charge in [0, 0.05) is 30.9 Å². The maximum Gasteiger partial charge on any atom is 0.416 e. The lowest BCUT2D eigenvalue weighted by Crippen LogP contribution is -2.07. The molecule has 0 radical (unpaired) electrons. The first kappa shape index (κ1) is 18.4. The van der Waals surface area contributed by atoms with Crippen molar-refractivity contribution in [2.75, 3.05) is 18.1 Å². The number of ketones is 1. The average molecular weight is 337 g/mol. The van der Waals surface area contributed by atoms with Crippen LogP contribution in [0.2, 0.25) is 0 Å². The minimum absolute atomic E-state index is 0.0289. The summed E-state index contributed by atoms with van der Waals surface area (Å²) in [6.07, 6.45) is -3.17. The lowest BCUT2D eigenvalue weighted by Gasteiger charge is -2.08. The summed E-state index contributed by atoms with van der Waals surface area (Å²) in [7, 11) is 3.34. The van der Waals surface area contributed by atoms with Gasteiger partial charge < -0.3 is 5.73 Å². The van der Waals surface area contributed by atoms with Gasteiger partial charge in [-0.25, -0.2) is 0 Å². The Morgan fingerprint density at radius 2 is 1.90 bits per heavy atom. The number of hydrogen-bond donors (Lipinski definition) is 1. The van der Waals surface area contributed by atoms with E-state index in [9.17, 15) is 18.0 Å². The molecule has 21 heavy (non-hydrogen) atoms. The second-order valence-electron chi connectivity index (χ2n) is 4.45. The van der Waals surface area contributed by atoms with Crippen LogP contribution < -0.4 is 5.73 Å². The van der Waals surface area contributed by atoms with Gasteiger partial charge in [-0.3, -0.25) is 4.79 Å². The Hall–Kier alpha value is -0.660. The zero-order valence-electron chi connectivity index (χ0n) is 11.5. The summed E-state index contributed by atoms with van der Waals surface area (Å²) >= 11 is 0. The Kier molecular flexibility index (Phi) is 8.21. The highest BCUT2D eigenvalue weighted by Crippen LogP contribution is 2.29. The third kappa shape index (κ3) is 7.78. The highest BCUT2D eigenvalue weighted by Gasteiger charge is 2.30. The molecule has 0 saturated carbocycles. The SMILES string of the molecule is NCCSSCCCC(=O)Cc1cccc(C(F)(F)F)c1. The van der Waals surface area contributed by atoms with Crippen LogP contribution in [0.15, 0.2) is 24.3 Å². The lowest BCUT2D eigenvalue weighted by atomic mass is 10.0. The molecule has 0 aliphatic heterocycles. The number of Topliss-reactive ketones (excluding diaryl/α,β-unsaturated/α-hetero) is 1.